The van der Waals surface area contributed by atoms with Crippen molar-refractivity contribution in [3.63, 3.8) is 0 Å². The normalized spacial score (nSPS) is 38.9. The van der Waals surface area contributed by atoms with E-state index < -0.39 is 11.3 Å². The van der Waals surface area contributed by atoms with Crippen molar-refractivity contribution in [3.8, 4) is 0 Å². The molecule has 1 atom stereocenters. The zero-order chi connectivity index (χ0) is 19.9. The fraction of sp³-hybridized carbons (Fsp3) is 0.682. The van der Waals surface area contributed by atoms with Gasteiger partial charge >= 0.3 is 0 Å². The topological polar surface area (TPSA) is 79.2 Å². The molecule has 0 aromatic heterocycles. The van der Waals surface area contributed by atoms with Gasteiger partial charge in [0.15, 0.2) is 5.76 Å². The van der Waals surface area contributed by atoms with E-state index in [1.165, 1.54) is 19.3 Å². The van der Waals surface area contributed by atoms with Crippen LogP contribution in [0.1, 0.15) is 44.9 Å². The van der Waals surface area contributed by atoms with Crippen LogP contribution in [-0.4, -0.2) is 52.1 Å². The molecule has 6 heteroatoms. The van der Waals surface area contributed by atoms with Gasteiger partial charge in [-0.1, -0.05) is 25.3 Å². The molecule has 0 spiro atoms. The van der Waals surface area contributed by atoms with E-state index in [9.17, 15) is 15.0 Å². The van der Waals surface area contributed by atoms with Gasteiger partial charge in [-0.15, -0.1) is 0 Å². The standard InChI is InChI=1S/C22H31NO5/c1-3-7-27-18-19(28-8-4-2)22(26,5-6-24)23(20(18)25)21-12-15-9-16(13-21)11-17(10-15)14-21/h3-4,15-17,24,26H,1-2,5-14H2. The molecule has 1 heterocycles. The van der Waals surface area contributed by atoms with Gasteiger partial charge < -0.3 is 19.7 Å². The van der Waals surface area contributed by atoms with Crippen molar-refractivity contribution in [3.05, 3.63) is 36.8 Å². The zero-order valence-electron chi connectivity index (χ0n) is 16.4. The summed E-state index contributed by atoms with van der Waals surface area (Å²) >= 11 is 0. The quantitative estimate of drug-likeness (QED) is 0.593. The van der Waals surface area contributed by atoms with Gasteiger partial charge in [0.05, 0.1) is 0 Å². The van der Waals surface area contributed by atoms with E-state index in [4.69, 9.17) is 9.47 Å². The molecule has 0 aromatic carbocycles. The molecule has 4 saturated carbocycles. The van der Waals surface area contributed by atoms with Gasteiger partial charge in [0.1, 0.15) is 13.2 Å². The SMILES string of the molecule is C=CCOC1=C(OCC=C)C(O)(CCO)N(C23CC4CC(CC(C4)C2)C3)C1=O. The predicted octanol–water partition coefficient (Wildman–Crippen LogP) is 2.49. The molecule has 6 nitrogen and oxygen atoms in total. The fourth-order valence-corrected chi connectivity index (χ4v) is 6.57. The Bertz CT molecular complexity index is 664. The summed E-state index contributed by atoms with van der Waals surface area (Å²) in [5.41, 5.74) is -2.09. The Hall–Kier alpha value is -1.79. The average Bonchev–Trinajstić information content (AvgIpc) is 2.83. The van der Waals surface area contributed by atoms with Crippen molar-refractivity contribution in [2.24, 2.45) is 17.8 Å². The number of aliphatic hydroxyl groups is 2. The molecule has 2 N–H and O–H groups in total. The number of carbonyl (C=O) groups is 1. The average molecular weight is 389 g/mol. The lowest BCUT2D eigenvalue weighted by molar-refractivity contribution is -0.199. The summed E-state index contributed by atoms with van der Waals surface area (Å²) in [5.74, 6) is 1.62. The Morgan fingerprint density at radius 1 is 1.04 bits per heavy atom. The van der Waals surface area contributed by atoms with Gasteiger partial charge in [-0.2, -0.15) is 0 Å². The minimum absolute atomic E-state index is 0.00604. The van der Waals surface area contributed by atoms with Crippen LogP contribution >= 0.6 is 0 Å². The molecule has 0 radical (unpaired) electrons. The first-order valence-electron chi connectivity index (χ1n) is 10.4. The maximum absolute atomic E-state index is 13.6. The third-order valence-corrected chi connectivity index (χ3v) is 6.97. The van der Waals surface area contributed by atoms with Crippen LogP contribution in [0.2, 0.25) is 0 Å². The van der Waals surface area contributed by atoms with E-state index in [1.54, 1.807) is 17.1 Å². The highest BCUT2D eigenvalue weighted by Crippen LogP contribution is 2.60. The first-order chi connectivity index (χ1) is 13.5. The molecular formula is C22H31NO5. The smallest absolute Gasteiger partial charge is 0.295 e. The second-order valence-electron chi connectivity index (χ2n) is 8.93. The lowest BCUT2D eigenvalue weighted by atomic mass is 9.52. The largest absolute Gasteiger partial charge is 0.485 e. The van der Waals surface area contributed by atoms with Gasteiger partial charge in [-0.25, -0.2) is 0 Å². The molecule has 5 aliphatic rings. The van der Waals surface area contributed by atoms with E-state index in [0.29, 0.717) is 17.8 Å². The fourth-order valence-electron chi connectivity index (χ4n) is 6.57. The first-order valence-corrected chi connectivity index (χ1v) is 10.4. The lowest BCUT2D eigenvalue weighted by Gasteiger charge is -2.61. The summed E-state index contributed by atoms with van der Waals surface area (Å²) in [6, 6.07) is 0. The molecular weight excluding hydrogens is 358 g/mol. The van der Waals surface area contributed by atoms with E-state index >= 15 is 0 Å². The number of hydrogen-bond acceptors (Lipinski definition) is 5. The number of hydrogen-bond donors (Lipinski definition) is 2. The summed E-state index contributed by atoms with van der Waals surface area (Å²) in [4.78, 5) is 15.2. The Morgan fingerprint density at radius 2 is 1.57 bits per heavy atom. The van der Waals surface area contributed by atoms with Crippen LogP contribution in [0, 0.1) is 17.8 Å². The Morgan fingerprint density at radius 3 is 2.07 bits per heavy atom. The second-order valence-corrected chi connectivity index (χ2v) is 8.93. The summed E-state index contributed by atoms with van der Waals surface area (Å²) in [7, 11) is 0. The number of nitrogens with zero attached hydrogens (tertiary/aromatic N) is 1. The van der Waals surface area contributed by atoms with Crippen LogP contribution in [0.15, 0.2) is 36.8 Å². The maximum atomic E-state index is 13.6. The second kappa shape index (κ2) is 7.23. The van der Waals surface area contributed by atoms with Gasteiger partial charge in [0, 0.05) is 18.6 Å². The van der Waals surface area contributed by atoms with E-state index in [1.807, 2.05) is 0 Å². The van der Waals surface area contributed by atoms with Crippen molar-refractivity contribution in [2.45, 2.75) is 56.2 Å². The van der Waals surface area contributed by atoms with E-state index in [2.05, 4.69) is 13.2 Å². The highest BCUT2D eigenvalue weighted by atomic mass is 16.5. The molecule has 4 bridgehead atoms. The molecule has 0 saturated heterocycles. The molecule has 28 heavy (non-hydrogen) atoms. The molecule has 1 unspecified atom stereocenters. The molecule has 1 amide bonds. The predicted molar refractivity (Wildman–Crippen MR) is 104 cm³/mol. The molecule has 4 aliphatic carbocycles. The minimum Gasteiger partial charge on any atom is -0.485 e. The highest BCUT2D eigenvalue weighted by molar-refractivity contribution is 5.96. The van der Waals surface area contributed by atoms with Crippen LogP contribution in [0.3, 0.4) is 0 Å². The number of rotatable bonds is 9. The molecule has 4 fully saturated rings. The number of carbonyl (C=O) groups excluding carboxylic acids is 1. The number of aliphatic hydroxyl groups excluding tert-OH is 1. The maximum Gasteiger partial charge on any atom is 0.295 e. The zero-order valence-corrected chi connectivity index (χ0v) is 16.4. The summed E-state index contributed by atoms with van der Waals surface area (Å²) in [5, 5.41) is 21.5. The monoisotopic (exact) mass is 389 g/mol. The Balaban J connectivity index is 1.75. The van der Waals surface area contributed by atoms with Gasteiger partial charge in [-0.3, -0.25) is 9.69 Å². The Kier molecular flexibility index (Phi) is 5.04. The van der Waals surface area contributed by atoms with Crippen molar-refractivity contribution >= 4 is 5.91 Å². The third kappa shape index (κ3) is 2.89. The van der Waals surface area contributed by atoms with Crippen molar-refractivity contribution in [2.75, 3.05) is 19.8 Å². The summed E-state index contributed by atoms with van der Waals surface area (Å²) < 4.78 is 11.5. The molecule has 1 aliphatic heterocycles. The van der Waals surface area contributed by atoms with E-state index in [-0.39, 0.29) is 43.7 Å². The first kappa shape index (κ1) is 19.5. The van der Waals surface area contributed by atoms with Crippen LogP contribution in [0.5, 0.6) is 0 Å². The summed E-state index contributed by atoms with van der Waals surface area (Å²) in [6.07, 6.45) is 9.52. The van der Waals surface area contributed by atoms with Gasteiger partial charge in [0.25, 0.3) is 5.91 Å². The molecule has 154 valence electrons. The van der Waals surface area contributed by atoms with Crippen LogP contribution in [0.25, 0.3) is 0 Å². The van der Waals surface area contributed by atoms with Crippen molar-refractivity contribution in [1.82, 2.24) is 4.90 Å². The minimum atomic E-state index is -1.70. The van der Waals surface area contributed by atoms with Crippen LogP contribution in [-0.2, 0) is 14.3 Å². The van der Waals surface area contributed by atoms with Crippen molar-refractivity contribution in [1.29, 1.82) is 0 Å². The number of ether oxygens (including phenoxy) is 2. The molecule has 5 rings (SSSR count). The van der Waals surface area contributed by atoms with Gasteiger partial charge in [0.2, 0.25) is 11.5 Å². The van der Waals surface area contributed by atoms with Crippen LogP contribution < -0.4 is 0 Å². The third-order valence-electron chi connectivity index (χ3n) is 6.97. The van der Waals surface area contributed by atoms with E-state index in [0.717, 1.165) is 19.3 Å². The highest BCUT2D eigenvalue weighted by Gasteiger charge is 2.64. The lowest BCUT2D eigenvalue weighted by Crippen LogP contribution is -2.67. The molecule has 0 aromatic rings. The van der Waals surface area contributed by atoms with Crippen molar-refractivity contribution < 1.29 is 24.5 Å². The van der Waals surface area contributed by atoms with Gasteiger partial charge in [-0.05, 0) is 56.3 Å². The number of amides is 1. The Labute approximate surface area is 166 Å². The van der Waals surface area contributed by atoms with Crippen LogP contribution in [0.4, 0.5) is 0 Å². The summed E-state index contributed by atoms with van der Waals surface area (Å²) in [6.45, 7) is 7.34.